The van der Waals surface area contributed by atoms with Gasteiger partial charge >= 0.3 is 0 Å². The van der Waals surface area contributed by atoms with Gasteiger partial charge in [0.1, 0.15) is 12.0 Å². The van der Waals surface area contributed by atoms with Crippen molar-refractivity contribution in [2.45, 2.75) is 133 Å². The zero-order valence-corrected chi connectivity index (χ0v) is 38.1. The molecule has 1 aromatic rings. The fourth-order valence-electron chi connectivity index (χ4n) is 14.1. The summed E-state index contributed by atoms with van der Waals surface area (Å²) in [7, 11) is 0. The summed E-state index contributed by atoms with van der Waals surface area (Å²) in [4.78, 5) is 10.2. The standard InChI is InChI=1S/C58H68N4S/c1-5-18-38(19-6-1)44-26-13-14-27-45(44)41-32-33-46(52(34-41)58-60-56(39-20-7-2-8-21-39)59-57(61-58)40-22-9-3-10-23-40)48-29-17-30-49-50-36-51-47-28-15-16-31-53(47)62(43-24-11-4-12-25-43)54(51)35-42(50)37-63-55(48)49/h1-2,4-8,11,15,18-20,24,27-28,32-36,39-40,44,46-47,49,51-54,56,58,60H,3,9-10,12-14,16-17,21-23,25-26,29-31,37H2,(H,59,61). The van der Waals surface area contributed by atoms with Crippen LogP contribution in [0.2, 0.25) is 0 Å². The Bertz CT molecular complexity index is 2300. The predicted octanol–water partition coefficient (Wildman–Crippen LogP) is 13.1. The van der Waals surface area contributed by atoms with Crippen molar-refractivity contribution in [3.63, 3.8) is 0 Å². The summed E-state index contributed by atoms with van der Waals surface area (Å²) in [5.74, 6) is 6.09. The third kappa shape index (κ3) is 7.65. The first-order valence-electron chi connectivity index (χ1n) is 25.4. The lowest BCUT2D eigenvalue weighted by Gasteiger charge is -2.45. The quantitative estimate of drug-likeness (QED) is 0.268. The van der Waals surface area contributed by atoms with Gasteiger partial charge in [0.2, 0.25) is 0 Å². The van der Waals surface area contributed by atoms with Crippen LogP contribution in [0.25, 0.3) is 0 Å². The van der Waals surface area contributed by atoms with E-state index in [1.54, 1.807) is 32.9 Å². The van der Waals surface area contributed by atoms with Gasteiger partial charge in [-0.3, -0.25) is 10.3 Å². The molecule has 5 heteroatoms. The van der Waals surface area contributed by atoms with Gasteiger partial charge in [-0.05, 0) is 122 Å². The van der Waals surface area contributed by atoms with E-state index in [4.69, 9.17) is 4.99 Å². The Balaban J connectivity index is 0.919. The largest absolute Gasteiger partial charge is 0.364 e. The maximum atomic E-state index is 5.59. The number of nitrogens with zero attached hydrogens (tertiary/aromatic N) is 2. The maximum Gasteiger partial charge on any atom is 0.110 e. The molecule has 0 bridgehead atoms. The zero-order chi connectivity index (χ0) is 41.7. The Labute approximate surface area is 382 Å². The third-order valence-electron chi connectivity index (χ3n) is 17.1. The maximum absolute atomic E-state index is 5.59. The lowest BCUT2D eigenvalue weighted by molar-refractivity contribution is 0.241. The van der Waals surface area contributed by atoms with E-state index < -0.39 is 0 Å². The van der Waals surface area contributed by atoms with Crippen LogP contribution in [0.15, 0.2) is 165 Å². The van der Waals surface area contributed by atoms with E-state index in [0.29, 0.717) is 53.5 Å². The van der Waals surface area contributed by atoms with Crippen molar-refractivity contribution in [1.29, 1.82) is 0 Å². The molecule has 8 aliphatic carbocycles. The number of hydrogen-bond donors (Lipinski definition) is 2. The molecule has 63 heavy (non-hydrogen) atoms. The monoisotopic (exact) mass is 853 g/mol. The van der Waals surface area contributed by atoms with Gasteiger partial charge in [0.15, 0.2) is 0 Å². The molecule has 11 atom stereocenters. The fraction of sp³-hybridized carbons (Fsp3) is 0.500. The number of thioether (sulfide) groups is 1. The summed E-state index contributed by atoms with van der Waals surface area (Å²) < 4.78 is 0. The number of aliphatic imine (C=N–C) groups is 1. The average molecular weight is 853 g/mol. The number of allylic oxidation sites excluding steroid dienone is 16. The summed E-state index contributed by atoms with van der Waals surface area (Å²) in [5, 5.41) is 8.47. The highest BCUT2D eigenvalue weighted by Gasteiger charge is 2.50. The molecular weight excluding hydrogens is 785 g/mol. The van der Waals surface area contributed by atoms with Crippen molar-refractivity contribution >= 4 is 17.6 Å². The second kappa shape index (κ2) is 17.7. The zero-order valence-electron chi connectivity index (χ0n) is 37.3. The van der Waals surface area contributed by atoms with E-state index >= 15 is 0 Å². The van der Waals surface area contributed by atoms with Crippen LogP contribution >= 0.6 is 11.8 Å². The van der Waals surface area contributed by atoms with E-state index in [1.165, 1.54) is 113 Å². The Morgan fingerprint density at radius 1 is 0.714 bits per heavy atom. The summed E-state index contributed by atoms with van der Waals surface area (Å²) in [5.41, 5.74) is 11.1. The molecule has 326 valence electrons. The van der Waals surface area contributed by atoms with Gasteiger partial charge in [0.25, 0.3) is 0 Å². The summed E-state index contributed by atoms with van der Waals surface area (Å²) >= 11 is 2.22. The highest BCUT2D eigenvalue weighted by molar-refractivity contribution is 8.03. The second-order valence-corrected chi connectivity index (χ2v) is 21.6. The van der Waals surface area contributed by atoms with Crippen LogP contribution in [0.5, 0.6) is 0 Å². The lowest BCUT2D eigenvalue weighted by atomic mass is 9.69. The molecule has 11 aliphatic rings. The van der Waals surface area contributed by atoms with Crippen LogP contribution in [-0.2, 0) is 0 Å². The first kappa shape index (κ1) is 40.4. The predicted molar refractivity (Wildman–Crippen MR) is 264 cm³/mol. The molecule has 2 saturated heterocycles. The number of hydrogen-bond acceptors (Lipinski definition) is 5. The lowest BCUT2D eigenvalue weighted by Crippen LogP contribution is -2.61. The Morgan fingerprint density at radius 2 is 1.63 bits per heavy atom. The van der Waals surface area contributed by atoms with Crippen molar-refractivity contribution in [1.82, 2.24) is 15.5 Å². The first-order chi connectivity index (χ1) is 31.2. The molecule has 0 spiro atoms. The highest BCUT2D eigenvalue weighted by Crippen LogP contribution is 2.56. The Morgan fingerprint density at radius 3 is 2.51 bits per heavy atom. The molecule has 2 N–H and O–H groups in total. The van der Waals surface area contributed by atoms with Crippen molar-refractivity contribution in [2.75, 3.05) is 5.75 Å². The van der Waals surface area contributed by atoms with E-state index in [2.05, 4.69) is 149 Å². The van der Waals surface area contributed by atoms with E-state index in [0.717, 1.165) is 12.2 Å². The summed E-state index contributed by atoms with van der Waals surface area (Å²) in [6, 6.07) is 12.5. The van der Waals surface area contributed by atoms with Crippen molar-refractivity contribution in [3.05, 3.63) is 166 Å². The van der Waals surface area contributed by atoms with Crippen LogP contribution in [0.4, 0.5) is 0 Å². The smallest absolute Gasteiger partial charge is 0.110 e. The van der Waals surface area contributed by atoms with E-state index in [9.17, 15) is 0 Å². The minimum absolute atomic E-state index is 0.0848. The number of likely N-dealkylation sites (tertiary alicyclic amines) is 1. The normalized spacial score (nSPS) is 37.3. The van der Waals surface area contributed by atoms with Crippen LogP contribution in [0.1, 0.15) is 114 Å². The van der Waals surface area contributed by atoms with Crippen molar-refractivity contribution < 1.29 is 0 Å². The summed E-state index contributed by atoms with van der Waals surface area (Å²) in [6.45, 7) is 0. The van der Waals surface area contributed by atoms with Gasteiger partial charge in [-0.15, -0.1) is 11.8 Å². The van der Waals surface area contributed by atoms with Crippen LogP contribution < -0.4 is 10.6 Å². The van der Waals surface area contributed by atoms with Gasteiger partial charge < -0.3 is 10.2 Å². The molecular formula is C58H68N4S. The molecule has 12 rings (SSSR count). The van der Waals surface area contributed by atoms with Gasteiger partial charge in [-0.1, -0.05) is 140 Å². The highest BCUT2D eigenvalue weighted by atomic mass is 32.2. The summed E-state index contributed by atoms with van der Waals surface area (Å²) in [6.07, 6.45) is 57.7. The Kier molecular flexibility index (Phi) is 11.4. The minimum atomic E-state index is 0.0848. The van der Waals surface area contributed by atoms with E-state index in [1.807, 2.05) is 0 Å². The molecule has 1 aromatic carbocycles. The van der Waals surface area contributed by atoms with Crippen LogP contribution in [0, 0.1) is 41.4 Å². The molecule has 3 heterocycles. The number of fused-ring (bicyclic) bond motifs is 6. The number of nitrogens with one attached hydrogen (secondary N) is 2. The molecule has 3 aliphatic heterocycles. The minimum Gasteiger partial charge on any atom is -0.364 e. The first-order valence-corrected chi connectivity index (χ1v) is 26.4. The molecule has 0 aromatic heterocycles. The number of amidine groups is 1. The molecule has 0 radical (unpaired) electrons. The topological polar surface area (TPSA) is 39.7 Å². The second-order valence-electron chi connectivity index (χ2n) is 20.6. The number of benzene rings is 1. The van der Waals surface area contributed by atoms with Crippen LogP contribution in [0.3, 0.4) is 0 Å². The molecule has 1 saturated carbocycles. The van der Waals surface area contributed by atoms with Gasteiger partial charge in [0.05, 0.1) is 12.2 Å². The molecule has 0 amide bonds. The van der Waals surface area contributed by atoms with Crippen molar-refractivity contribution in [2.24, 2.45) is 46.4 Å². The SMILES string of the molecule is C1=CCCC(N2C3C=C4CSC5=C(C6C=CC(C7=CCCCC7c7ccccc7)=CC6C6NC(C7CCCCC7)=NC(C7C=CC=CC7)N6)CCCC5C4=CC3C3C=CCCC32)=C1. The Hall–Kier alpha value is -4.06. The third-order valence-corrected chi connectivity index (χ3v) is 18.4. The molecule has 11 unspecified atom stereocenters. The average Bonchev–Trinajstić information content (AvgIpc) is 3.69. The van der Waals surface area contributed by atoms with Crippen LogP contribution in [-0.4, -0.2) is 40.9 Å². The van der Waals surface area contributed by atoms with Gasteiger partial charge in [0, 0.05) is 64.8 Å². The van der Waals surface area contributed by atoms with E-state index in [-0.39, 0.29) is 18.2 Å². The van der Waals surface area contributed by atoms with Gasteiger partial charge in [-0.2, -0.15) is 0 Å². The molecule has 3 fully saturated rings. The number of rotatable bonds is 7. The van der Waals surface area contributed by atoms with Gasteiger partial charge in [-0.25, -0.2) is 0 Å². The fourth-order valence-corrected chi connectivity index (χ4v) is 15.5. The van der Waals surface area contributed by atoms with Crippen molar-refractivity contribution in [3.8, 4) is 0 Å². The molecule has 4 nitrogen and oxygen atoms in total.